The summed E-state index contributed by atoms with van der Waals surface area (Å²) >= 11 is 0. The summed E-state index contributed by atoms with van der Waals surface area (Å²) < 4.78 is 31.5. The van der Waals surface area contributed by atoms with Gasteiger partial charge >= 0.3 is 7.12 Å². The molecule has 0 radical (unpaired) electrons. The zero-order valence-corrected chi connectivity index (χ0v) is 15.3. The molecule has 2 fully saturated rings. The highest BCUT2D eigenvalue weighted by Crippen LogP contribution is 2.36. The van der Waals surface area contributed by atoms with Crippen LogP contribution in [0.2, 0.25) is 0 Å². The first-order valence-corrected chi connectivity index (χ1v) is 8.69. The number of rotatable bonds is 3. The molecule has 0 atom stereocenters. The fraction of sp³-hybridized carbons (Fsp3) is 0.611. The number of amides is 1. The van der Waals surface area contributed by atoms with E-state index in [9.17, 15) is 9.18 Å². The molecule has 136 valence electrons. The molecule has 5 nitrogen and oxygen atoms in total. The molecule has 2 aliphatic heterocycles. The minimum atomic E-state index is -0.775. The molecule has 0 saturated carbocycles. The Balaban J connectivity index is 1.76. The fourth-order valence-corrected chi connectivity index (χ4v) is 2.95. The number of carbonyl (C=O) groups is 1. The minimum Gasteiger partial charge on any atom is -0.399 e. The van der Waals surface area contributed by atoms with E-state index in [2.05, 4.69) is 0 Å². The van der Waals surface area contributed by atoms with E-state index in [-0.39, 0.29) is 18.1 Å². The van der Waals surface area contributed by atoms with Crippen LogP contribution in [0.25, 0.3) is 0 Å². The predicted molar refractivity (Wildman–Crippen MR) is 93.2 cm³/mol. The van der Waals surface area contributed by atoms with Crippen molar-refractivity contribution in [3.05, 3.63) is 29.6 Å². The zero-order valence-electron chi connectivity index (χ0n) is 15.3. The standard InChI is InChI=1S/C18H25BFNO4/c1-17(2)18(3,4)25-19(24-17)14-11-13(5-6-15(14)20)12-16(22)21-7-9-23-10-8-21/h5-6,11H,7-10,12H2,1-4H3. The van der Waals surface area contributed by atoms with E-state index in [1.165, 1.54) is 6.07 Å². The van der Waals surface area contributed by atoms with E-state index in [1.807, 2.05) is 27.7 Å². The lowest BCUT2D eigenvalue weighted by atomic mass is 9.77. The lowest BCUT2D eigenvalue weighted by molar-refractivity contribution is -0.134. The third kappa shape index (κ3) is 3.73. The van der Waals surface area contributed by atoms with E-state index >= 15 is 0 Å². The molecule has 0 aliphatic carbocycles. The smallest absolute Gasteiger partial charge is 0.399 e. The molecule has 0 bridgehead atoms. The molecule has 0 N–H and O–H groups in total. The Bertz CT molecular complexity index is 642. The van der Waals surface area contributed by atoms with Crippen LogP contribution in [0.1, 0.15) is 33.3 Å². The molecule has 1 aromatic rings. The van der Waals surface area contributed by atoms with Crippen molar-refractivity contribution in [3.8, 4) is 0 Å². The van der Waals surface area contributed by atoms with Gasteiger partial charge in [0.1, 0.15) is 5.82 Å². The molecule has 25 heavy (non-hydrogen) atoms. The Labute approximate surface area is 148 Å². The largest absolute Gasteiger partial charge is 0.497 e. The Morgan fingerprint density at radius 1 is 1.16 bits per heavy atom. The molecule has 0 aromatic heterocycles. The summed E-state index contributed by atoms with van der Waals surface area (Å²) in [5.41, 5.74) is 0.0153. The number of hydrogen-bond acceptors (Lipinski definition) is 4. The lowest BCUT2D eigenvalue weighted by Gasteiger charge is -2.32. The van der Waals surface area contributed by atoms with E-state index in [0.29, 0.717) is 31.8 Å². The summed E-state index contributed by atoms with van der Waals surface area (Å²) in [5.74, 6) is -0.365. The minimum absolute atomic E-state index is 0.0229. The molecule has 1 amide bonds. The maximum Gasteiger partial charge on any atom is 0.497 e. The van der Waals surface area contributed by atoms with E-state index in [0.717, 1.165) is 5.56 Å². The molecule has 2 saturated heterocycles. The van der Waals surface area contributed by atoms with Crippen molar-refractivity contribution in [1.29, 1.82) is 0 Å². The third-order valence-electron chi connectivity index (χ3n) is 5.29. The number of halogens is 1. The molecule has 0 unspecified atom stereocenters. The maximum atomic E-state index is 14.3. The van der Waals surface area contributed by atoms with Gasteiger partial charge in [-0.1, -0.05) is 12.1 Å². The van der Waals surface area contributed by atoms with E-state index in [4.69, 9.17) is 14.0 Å². The number of nitrogens with zero attached hydrogens (tertiary/aromatic N) is 1. The molecule has 2 aliphatic rings. The van der Waals surface area contributed by atoms with Gasteiger partial charge in [0, 0.05) is 18.6 Å². The van der Waals surface area contributed by atoms with Crippen molar-refractivity contribution in [3.63, 3.8) is 0 Å². The van der Waals surface area contributed by atoms with Crippen molar-refractivity contribution in [2.75, 3.05) is 26.3 Å². The van der Waals surface area contributed by atoms with Gasteiger partial charge in [-0.2, -0.15) is 0 Å². The average Bonchev–Trinajstić information content (AvgIpc) is 2.78. The van der Waals surface area contributed by atoms with Crippen LogP contribution < -0.4 is 5.46 Å². The second-order valence-corrected chi connectivity index (χ2v) is 7.61. The van der Waals surface area contributed by atoms with Gasteiger partial charge in [0.2, 0.25) is 5.91 Å². The quantitative estimate of drug-likeness (QED) is 0.777. The SMILES string of the molecule is CC1(C)OB(c2cc(CC(=O)N3CCOCC3)ccc2F)OC1(C)C. The zero-order chi connectivity index (χ0) is 18.2. The Morgan fingerprint density at radius 2 is 1.76 bits per heavy atom. The molecular weight excluding hydrogens is 324 g/mol. The van der Waals surface area contributed by atoms with Crippen LogP contribution in [0.15, 0.2) is 18.2 Å². The number of ether oxygens (including phenoxy) is 1. The summed E-state index contributed by atoms with van der Waals surface area (Å²) in [6, 6.07) is 4.69. The third-order valence-corrected chi connectivity index (χ3v) is 5.29. The van der Waals surface area contributed by atoms with Gasteiger partial charge < -0.3 is 18.9 Å². The van der Waals surface area contributed by atoms with Crippen molar-refractivity contribution >= 4 is 18.5 Å². The van der Waals surface area contributed by atoms with Gasteiger partial charge in [0.25, 0.3) is 0 Å². The monoisotopic (exact) mass is 349 g/mol. The molecular formula is C18H25BFNO4. The van der Waals surface area contributed by atoms with Gasteiger partial charge in [-0.05, 0) is 39.3 Å². The summed E-state index contributed by atoms with van der Waals surface area (Å²) in [6.45, 7) is 10.0. The molecule has 3 rings (SSSR count). The maximum absolute atomic E-state index is 14.3. The van der Waals surface area contributed by atoms with E-state index < -0.39 is 18.3 Å². The predicted octanol–water partition coefficient (Wildman–Crippen LogP) is 1.53. The van der Waals surface area contributed by atoms with Crippen LogP contribution in [-0.4, -0.2) is 55.4 Å². The Morgan fingerprint density at radius 3 is 2.36 bits per heavy atom. The number of carbonyl (C=O) groups excluding carboxylic acids is 1. The first-order valence-electron chi connectivity index (χ1n) is 8.69. The topological polar surface area (TPSA) is 48.0 Å². The van der Waals surface area contributed by atoms with Crippen LogP contribution in [0.4, 0.5) is 4.39 Å². The van der Waals surface area contributed by atoms with Gasteiger partial charge in [-0.3, -0.25) is 4.79 Å². The van der Waals surface area contributed by atoms with Crippen molar-refractivity contribution in [1.82, 2.24) is 4.90 Å². The van der Waals surface area contributed by atoms with Crippen LogP contribution >= 0.6 is 0 Å². The van der Waals surface area contributed by atoms with Gasteiger partial charge in [-0.25, -0.2) is 4.39 Å². The highest BCUT2D eigenvalue weighted by atomic mass is 19.1. The van der Waals surface area contributed by atoms with Gasteiger partial charge in [0.05, 0.1) is 30.8 Å². The Hall–Kier alpha value is -1.44. The second-order valence-electron chi connectivity index (χ2n) is 7.61. The number of hydrogen-bond donors (Lipinski definition) is 0. The summed E-state index contributed by atoms with van der Waals surface area (Å²) in [5, 5.41) is 0. The van der Waals surface area contributed by atoms with E-state index in [1.54, 1.807) is 17.0 Å². The van der Waals surface area contributed by atoms with Crippen molar-refractivity contribution < 1.29 is 23.2 Å². The molecule has 1 aromatic carbocycles. The molecule has 7 heteroatoms. The first kappa shape index (κ1) is 18.4. The molecule has 0 spiro atoms. The highest BCUT2D eigenvalue weighted by molar-refractivity contribution is 6.62. The summed E-state index contributed by atoms with van der Waals surface area (Å²) in [4.78, 5) is 14.2. The normalized spacial score (nSPS) is 22.3. The van der Waals surface area contributed by atoms with Crippen molar-refractivity contribution in [2.24, 2.45) is 0 Å². The lowest BCUT2D eigenvalue weighted by Crippen LogP contribution is -2.41. The second kappa shape index (κ2) is 6.70. The fourth-order valence-electron chi connectivity index (χ4n) is 2.95. The van der Waals surface area contributed by atoms with Gasteiger partial charge in [-0.15, -0.1) is 0 Å². The number of benzene rings is 1. The van der Waals surface area contributed by atoms with Crippen LogP contribution in [0.3, 0.4) is 0 Å². The van der Waals surface area contributed by atoms with Crippen LogP contribution in [0.5, 0.6) is 0 Å². The van der Waals surface area contributed by atoms with Crippen molar-refractivity contribution in [2.45, 2.75) is 45.3 Å². The molecule has 2 heterocycles. The Kier molecular flexibility index (Phi) is 4.92. The van der Waals surface area contributed by atoms with Crippen LogP contribution in [-0.2, 0) is 25.3 Å². The first-order chi connectivity index (χ1) is 11.7. The highest BCUT2D eigenvalue weighted by Gasteiger charge is 2.52. The average molecular weight is 349 g/mol. The van der Waals surface area contributed by atoms with Gasteiger partial charge in [0.15, 0.2) is 0 Å². The summed E-state index contributed by atoms with van der Waals surface area (Å²) in [6.07, 6.45) is 0.229. The van der Waals surface area contributed by atoms with Crippen LogP contribution in [0, 0.1) is 5.82 Å². The summed E-state index contributed by atoms with van der Waals surface area (Å²) in [7, 11) is -0.775. The number of morpholine rings is 1.